The molecule has 2 aromatic carbocycles. The molecule has 2 aromatic rings. The van der Waals surface area contributed by atoms with E-state index in [0.717, 1.165) is 9.87 Å². The SMILES string of the molecule is CCOCCCNC(=O)CN(Cc1c(F)cccc1Cl)S(=O)(=O)c1ccc(C)cc1. The number of rotatable bonds is 11. The van der Waals surface area contributed by atoms with Gasteiger partial charge in [-0.05, 0) is 44.5 Å². The number of hydrogen-bond donors (Lipinski definition) is 1. The van der Waals surface area contributed by atoms with E-state index >= 15 is 0 Å². The maximum absolute atomic E-state index is 14.3. The van der Waals surface area contributed by atoms with E-state index in [2.05, 4.69) is 5.32 Å². The molecule has 0 radical (unpaired) electrons. The van der Waals surface area contributed by atoms with Gasteiger partial charge in [-0.1, -0.05) is 35.4 Å². The monoisotopic (exact) mass is 456 g/mol. The Morgan fingerprint density at radius 1 is 1.20 bits per heavy atom. The molecule has 1 N–H and O–H groups in total. The van der Waals surface area contributed by atoms with Crippen LogP contribution in [0.25, 0.3) is 0 Å². The molecule has 0 heterocycles. The van der Waals surface area contributed by atoms with E-state index in [-0.39, 0.29) is 22.0 Å². The average molecular weight is 457 g/mol. The fourth-order valence-electron chi connectivity index (χ4n) is 2.71. The Morgan fingerprint density at radius 2 is 1.90 bits per heavy atom. The van der Waals surface area contributed by atoms with E-state index in [4.69, 9.17) is 16.3 Å². The standard InChI is InChI=1S/C21H26ClFN2O4S/c1-3-29-13-5-12-24-21(26)15-25(14-18-19(22)6-4-7-20(18)23)30(27,28)17-10-8-16(2)9-11-17/h4,6-11H,3,5,12-15H2,1-2H3,(H,24,26). The van der Waals surface area contributed by atoms with Crippen molar-refractivity contribution in [2.75, 3.05) is 26.3 Å². The fourth-order valence-corrected chi connectivity index (χ4v) is 4.29. The van der Waals surface area contributed by atoms with Crippen molar-refractivity contribution in [1.82, 2.24) is 9.62 Å². The van der Waals surface area contributed by atoms with E-state index in [1.165, 1.54) is 30.3 Å². The molecule has 0 spiro atoms. The molecule has 0 bridgehead atoms. The Balaban J connectivity index is 2.24. The predicted octanol–water partition coefficient (Wildman–Crippen LogP) is 3.52. The Labute approximate surface area is 182 Å². The summed E-state index contributed by atoms with van der Waals surface area (Å²) >= 11 is 6.08. The zero-order valence-corrected chi connectivity index (χ0v) is 18.6. The topological polar surface area (TPSA) is 75.7 Å². The summed E-state index contributed by atoms with van der Waals surface area (Å²) < 4.78 is 46.8. The number of benzene rings is 2. The van der Waals surface area contributed by atoms with Crippen LogP contribution in [0.1, 0.15) is 24.5 Å². The molecule has 0 unspecified atom stereocenters. The van der Waals surface area contributed by atoms with Crippen LogP contribution in [0.15, 0.2) is 47.4 Å². The molecule has 0 atom stereocenters. The first kappa shape index (κ1) is 24.3. The number of nitrogens with zero attached hydrogens (tertiary/aromatic N) is 1. The lowest BCUT2D eigenvalue weighted by Gasteiger charge is -2.23. The molecule has 0 aliphatic carbocycles. The Morgan fingerprint density at radius 3 is 2.53 bits per heavy atom. The second-order valence-corrected chi connectivity index (χ2v) is 9.03. The summed E-state index contributed by atoms with van der Waals surface area (Å²) in [5.74, 6) is -1.13. The van der Waals surface area contributed by atoms with Crippen LogP contribution in [0, 0.1) is 12.7 Å². The van der Waals surface area contributed by atoms with Crippen LogP contribution in [0.4, 0.5) is 4.39 Å². The quantitative estimate of drug-likeness (QED) is 0.525. The normalized spacial score (nSPS) is 11.6. The van der Waals surface area contributed by atoms with Gasteiger partial charge in [0.1, 0.15) is 5.82 Å². The van der Waals surface area contributed by atoms with E-state index in [0.29, 0.717) is 26.2 Å². The van der Waals surface area contributed by atoms with Crippen molar-refractivity contribution in [3.05, 3.63) is 64.4 Å². The minimum Gasteiger partial charge on any atom is -0.382 e. The van der Waals surface area contributed by atoms with Gasteiger partial charge in [-0.3, -0.25) is 4.79 Å². The molecule has 6 nitrogen and oxygen atoms in total. The summed E-state index contributed by atoms with van der Waals surface area (Å²) in [6.45, 7) is 4.30. The molecular formula is C21H26ClFN2O4S. The first-order chi connectivity index (χ1) is 14.3. The fraction of sp³-hybridized carbons (Fsp3) is 0.381. The summed E-state index contributed by atoms with van der Waals surface area (Å²) in [4.78, 5) is 12.4. The Hall–Kier alpha value is -2.00. The molecule has 2 rings (SSSR count). The van der Waals surface area contributed by atoms with Gasteiger partial charge in [0.05, 0.1) is 11.4 Å². The number of amides is 1. The molecule has 0 aromatic heterocycles. The Kier molecular flexibility index (Phi) is 9.23. The number of ether oxygens (including phenoxy) is 1. The summed E-state index contributed by atoms with van der Waals surface area (Å²) in [5.41, 5.74) is 0.906. The Bertz CT molecular complexity index is 932. The summed E-state index contributed by atoms with van der Waals surface area (Å²) in [6, 6.07) is 10.4. The minimum atomic E-state index is -4.06. The minimum absolute atomic E-state index is 0.0130. The lowest BCUT2D eigenvalue weighted by Crippen LogP contribution is -2.41. The maximum Gasteiger partial charge on any atom is 0.243 e. The van der Waals surface area contributed by atoms with Crippen molar-refractivity contribution < 1.29 is 22.3 Å². The van der Waals surface area contributed by atoms with E-state index < -0.39 is 28.3 Å². The van der Waals surface area contributed by atoms with Crippen molar-refractivity contribution in [3.63, 3.8) is 0 Å². The van der Waals surface area contributed by atoms with Gasteiger partial charge in [0.15, 0.2) is 0 Å². The third-order valence-electron chi connectivity index (χ3n) is 4.37. The van der Waals surface area contributed by atoms with Gasteiger partial charge < -0.3 is 10.1 Å². The molecule has 0 fully saturated rings. The van der Waals surface area contributed by atoms with E-state index in [1.807, 2.05) is 13.8 Å². The predicted molar refractivity (Wildman–Crippen MR) is 114 cm³/mol. The van der Waals surface area contributed by atoms with Gasteiger partial charge in [0.2, 0.25) is 15.9 Å². The zero-order valence-electron chi connectivity index (χ0n) is 17.0. The first-order valence-corrected chi connectivity index (χ1v) is 11.4. The second kappa shape index (κ2) is 11.4. The lowest BCUT2D eigenvalue weighted by molar-refractivity contribution is -0.121. The van der Waals surface area contributed by atoms with Gasteiger partial charge in [0.25, 0.3) is 0 Å². The molecule has 1 amide bonds. The highest BCUT2D eigenvalue weighted by Crippen LogP contribution is 2.24. The van der Waals surface area contributed by atoms with Crippen LogP contribution in [-0.4, -0.2) is 44.9 Å². The third-order valence-corrected chi connectivity index (χ3v) is 6.53. The highest BCUT2D eigenvalue weighted by molar-refractivity contribution is 7.89. The van der Waals surface area contributed by atoms with Crippen LogP contribution < -0.4 is 5.32 Å². The highest BCUT2D eigenvalue weighted by Gasteiger charge is 2.28. The third kappa shape index (κ3) is 6.77. The molecule has 164 valence electrons. The van der Waals surface area contributed by atoms with Gasteiger partial charge in [-0.25, -0.2) is 12.8 Å². The smallest absolute Gasteiger partial charge is 0.243 e. The van der Waals surface area contributed by atoms with Crippen molar-refractivity contribution in [1.29, 1.82) is 0 Å². The number of aryl methyl sites for hydroxylation is 1. The van der Waals surface area contributed by atoms with Crippen LogP contribution >= 0.6 is 11.6 Å². The highest BCUT2D eigenvalue weighted by atomic mass is 35.5. The number of nitrogens with one attached hydrogen (secondary N) is 1. The van der Waals surface area contributed by atoms with Crippen molar-refractivity contribution >= 4 is 27.5 Å². The molecule has 0 saturated heterocycles. The average Bonchev–Trinajstić information content (AvgIpc) is 2.70. The summed E-state index contributed by atoms with van der Waals surface area (Å²) in [5, 5.41) is 2.76. The summed E-state index contributed by atoms with van der Waals surface area (Å²) in [7, 11) is -4.06. The van der Waals surface area contributed by atoms with Crippen LogP contribution in [0.3, 0.4) is 0 Å². The second-order valence-electron chi connectivity index (χ2n) is 6.69. The lowest BCUT2D eigenvalue weighted by atomic mass is 10.2. The van der Waals surface area contributed by atoms with Crippen molar-refractivity contribution in [2.24, 2.45) is 0 Å². The maximum atomic E-state index is 14.3. The molecular weight excluding hydrogens is 431 g/mol. The molecule has 9 heteroatoms. The van der Waals surface area contributed by atoms with E-state index in [9.17, 15) is 17.6 Å². The molecule has 30 heavy (non-hydrogen) atoms. The van der Waals surface area contributed by atoms with Crippen LogP contribution in [0.2, 0.25) is 5.02 Å². The van der Waals surface area contributed by atoms with Crippen LogP contribution in [0.5, 0.6) is 0 Å². The van der Waals surface area contributed by atoms with Gasteiger partial charge >= 0.3 is 0 Å². The van der Waals surface area contributed by atoms with Gasteiger partial charge in [-0.2, -0.15) is 4.31 Å². The zero-order chi connectivity index (χ0) is 22.1. The molecule has 0 saturated carbocycles. The largest absolute Gasteiger partial charge is 0.382 e. The van der Waals surface area contributed by atoms with Crippen molar-refractivity contribution in [3.8, 4) is 0 Å². The molecule has 0 aliphatic rings. The number of hydrogen-bond acceptors (Lipinski definition) is 4. The number of carbonyl (C=O) groups is 1. The van der Waals surface area contributed by atoms with E-state index in [1.54, 1.807) is 12.1 Å². The van der Waals surface area contributed by atoms with Gasteiger partial charge in [0, 0.05) is 36.9 Å². The van der Waals surface area contributed by atoms with Gasteiger partial charge in [-0.15, -0.1) is 0 Å². The molecule has 0 aliphatic heterocycles. The number of halogens is 2. The number of sulfonamides is 1. The van der Waals surface area contributed by atoms with Crippen LogP contribution in [-0.2, 0) is 26.1 Å². The first-order valence-electron chi connectivity index (χ1n) is 9.60. The summed E-state index contributed by atoms with van der Waals surface area (Å²) in [6.07, 6.45) is 0.601. The number of carbonyl (C=O) groups excluding carboxylic acids is 1. The van der Waals surface area contributed by atoms with Crippen molar-refractivity contribution in [2.45, 2.75) is 31.7 Å².